The summed E-state index contributed by atoms with van der Waals surface area (Å²) < 4.78 is 10.9. The first kappa shape index (κ1) is 10.9. The van der Waals surface area contributed by atoms with Crippen molar-refractivity contribution < 1.29 is 9.47 Å². The standard InChI is InChI=1S/C9H20N2O2/c1-9(2,6-12-3)13-8-5-11-4-7(8)10/h7-8,11H,4-6,10H2,1-3H3. The van der Waals surface area contributed by atoms with Crippen molar-refractivity contribution in [2.45, 2.75) is 31.6 Å². The zero-order valence-electron chi connectivity index (χ0n) is 8.67. The van der Waals surface area contributed by atoms with Crippen molar-refractivity contribution in [2.75, 3.05) is 26.8 Å². The lowest BCUT2D eigenvalue weighted by Gasteiger charge is -2.29. The van der Waals surface area contributed by atoms with Gasteiger partial charge in [0.1, 0.15) is 0 Å². The SMILES string of the molecule is COCC(C)(C)OC1CNCC1N. The van der Waals surface area contributed by atoms with E-state index in [1.807, 2.05) is 13.8 Å². The molecule has 13 heavy (non-hydrogen) atoms. The van der Waals surface area contributed by atoms with E-state index < -0.39 is 0 Å². The monoisotopic (exact) mass is 188 g/mol. The fraction of sp³-hybridized carbons (Fsp3) is 1.00. The van der Waals surface area contributed by atoms with E-state index in [-0.39, 0.29) is 17.7 Å². The van der Waals surface area contributed by atoms with Gasteiger partial charge in [-0.3, -0.25) is 0 Å². The number of hydrogen-bond donors (Lipinski definition) is 2. The topological polar surface area (TPSA) is 56.5 Å². The molecule has 0 aromatic heterocycles. The van der Waals surface area contributed by atoms with Gasteiger partial charge in [0.05, 0.1) is 18.3 Å². The van der Waals surface area contributed by atoms with Crippen molar-refractivity contribution in [1.82, 2.24) is 5.32 Å². The van der Waals surface area contributed by atoms with Crippen molar-refractivity contribution in [1.29, 1.82) is 0 Å². The van der Waals surface area contributed by atoms with Gasteiger partial charge in [-0.05, 0) is 13.8 Å². The summed E-state index contributed by atoms with van der Waals surface area (Å²) in [7, 11) is 1.68. The maximum atomic E-state index is 5.85. The van der Waals surface area contributed by atoms with Crippen LogP contribution in [0.3, 0.4) is 0 Å². The molecule has 4 nitrogen and oxygen atoms in total. The molecule has 4 heteroatoms. The molecule has 1 saturated heterocycles. The smallest absolute Gasteiger partial charge is 0.0870 e. The molecule has 1 rings (SSSR count). The van der Waals surface area contributed by atoms with Gasteiger partial charge in [-0.15, -0.1) is 0 Å². The zero-order valence-corrected chi connectivity index (χ0v) is 8.67. The van der Waals surface area contributed by atoms with Crippen LogP contribution in [0.5, 0.6) is 0 Å². The molecule has 0 spiro atoms. The highest BCUT2D eigenvalue weighted by atomic mass is 16.5. The first-order chi connectivity index (χ1) is 6.05. The van der Waals surface area contributed by atoms with Crippen LogP contribution in [-0.4, -0.2) is 44.6 Å². The summed E-state index contributed by atoms with van der Waals surface area (Å²) in [6, 6.07) is 0.108. The predicted octanol–water partition coefficient (Wildman–Crippen LogP) is -0.273. The van der Waals surface area contributed by atoms with Crippen LogP contribution < -0.4 is 11.1 Å². The van der Waals surface area contributed by atoms with Crippen molar-refractivity contribution in [3.63, 3.8) is 0 Å². The molecule has 78 valence electrons. The minimum absolute atomic E-state index is 0.108. The van der Waals surface area contributed by atoms with Gasteiger partial charge in [0.2, 0.25) is 0 Å². The summed E-state index contributed by atoms with van der Waals surface area (Å²) in [6.45, 7) is 6.31. The summed E-state index contributed by atoms with van der Waals surface area (Å²) in [5, 5.41) is 3.20. The minimum Gasteiger partial charge on any atom is -0.382 e. The third-order valence-corrected chi connectivity index (χ3v) is 2.17. The maximum absolute atomic E-state index is 5.85. The molecule has 0 aromatic carbocycles. The number of ether oxygens (including phenoxy) is 2. The minimum atomic E-state index is -0.247. The summed E-state index contributed by atoms with van der Waals surface area (Å²) in [5.74, 6) is 0. The molecular formula is C9H20N2O2. The van der Waals surface area contributed by atoms with Gasteiger partial charge < -0.3 is 20.5 Å². The van der Waals surface area contributed by atoms with Gasteiger partial charge in [0, 0.05) is 26.2 Å². The molecule has 1 fully saturated rings. The molecule has 0 radical (unpaired) electrons. The highest BCUT2D eigenvalue weighted by Crippen LogP contribution is 2.15. The quantitative estimate of drug-likeness (QED) is 0.637. The predicted molar refractivity (Wildman–Crippen MR) is 51.7 cm³/mol. The second-order valence-electron chi connectivity index (χ2n) is 4.17. The van der Waals surface area contributed by atoms with Gasteiger partial charge in [0.25, 0.3) is 0 Å². The molecule has 0 saturated carbocycles. The summed E-state index contributed by atoms with van der Waals surface area (Å²) in [4.78, 5) is 0. The molecule has 0 aromatic rings. The number of hydrogen-bond acceptors (Lipinski definition) is 4. The highest BCUT2D eigenvalue weighted by Gasteiger charge is 2.30. The molecule has 1 aliphatic heterocycles. The van der Waals surface area contributed by atoms with E-state index in [2.05, 4.69) is 5.32 Å². The molecule has 0 aliphatic carbocycles. The highest BCUT2D eigenvalue weighted by molar-refractivity contribution is 4.87. The molecule has 2 atom stereocenters. The van der Waals surface area contributed by atoms with E-state index in [1.54, 1.807) is 7.11 Å². The lowest BCUT2D eigenvalue weighted by molar-refractivity contribution is -0.102. The van der Waals surface area contributed by atoms with Crippen molar-refractivity contribution in [3.05, 3.63) is 0 Å². The Bertz CT molecular complexity index is 162. The Hall–Kier alpha value is -0.160. The van der Waals surface area contributed by atoms with Crippen LogP contribution in [0.15, 0.2) is 0 Å². The average Bonchev–Trinajstić information content (AvgIpc) is 2.35. The summed E-state index contributed by atoms with van der Waals surface area (Å²) >= 11 is 0. The van der Waals surface area contributed by atoms with Crippen LogP contribution in [0, 0.1) is 0 Å². The summed E-state index contributed by atoms with van der Waals surface area (Å²) in [6.07, 6.45) is 0.116. The van der Waals surface area contributed by atoms with E-state index in [0.717, 1.165) is 13.1 Å². The molecule has 0 bridgehead atoms. The summed E-state index contributed by atoms with van der Waals surface area (Å²) in [5.41, 5.74) is 5.61. The Labute approximate surface area is 79.8 Å². The van der Waals surface area contributed by atoms with Crippen molar-refractivity contribution >= 4 is 0 Å². The first-order valence-electron chi connectivity index (χ1n) is 4.68. The van der Waals surface area contributed by atoms with Crippen LogP contribution in [0.2, 0.25) is 0 Å². The third kappa shape index (κ3) is 3.23. The van der Waals surface area contributed by atoms with Gasteiger partial charge in [-0.2, -0.15) is 0 Å². The normalized spacial score (nSPS) is 29.5. The van der Waals surface area contributed by atoms with Crippen molar-refractivity contribution in [2.24, 2.45) is 5.73 Å². The molecule has 1 aliphatic rings. The van der Waals surface area contributed by atoms with Crippen LogP contribution >= 0.6 is 0 Å². The molecule has 3 N–H and O–H groups in total. The van der Waals surface area contributed by atoms with Crippen LogP contribution in [0.25, 0.3) is 0 Å². The van der Waals surface area contributed by atoms with Gasteiger partial charge in [-0.1, -0.05) is 0 Å². The number of methoxy groups -OCH3 is 1. The van der Waals surface area contributed by atoms with Gasteiger partial charge in [0.15, 0.2) is 0 Å². The lowest BCUT2D eigenvalue weighted by Crippen LogP contribution is -2.43. The number of rotatable bonds is 4. The fourth-order valence-electron chi connectivity index (χ4n) is 1.60. The third-order valence-electron chi connectivity index (χ3n) is 2.17. The Morgan fingerprint density at radius 1 is 1.46 bits per heavy atom. The second-order valence-corrected chi connectivity index (χ2v) is 4.17. The van der Waals surface area contributed by atoms with E-state index in [1.165, 1.54) is 0 Å². The van der Waals surface area contributed by atoms with E-state index in [9.17, 15) is 0 Å². The van der Waals surface area contributed by atoms with Gasteiger partial charge >= 0.3 is 0 Å². The largest absolute Gasteiger partial charge is 0.382 e. The average molecular weight is 188 g/mol. The number of nitrogens with one attached hydrogen (secondary N) is 1. The first-order valence-corrected chi connectivity index (χ1v) is 4.68. The van der Waals surface area contributed by atoms with Gasteiger partial charge in [-0.25, -0.2) is 0 Å². The Kier molecular flexibility index (Phi) is 3.67. The lowest BCUT2D eigenvalue weighted by atomic mass is 10.1. The molecule has 1 heterocycles. The van der Waals surface area contributed by atoms with Crippen LogP contribution in [0.1, 0.15) is 13.8 Å². The van der Waals surface area contributed by atoms with Crippen LogP contribution in [-0.2, 0) is 9.47 Å². The Morgan fingerprint density at radius 3 is 2.62 bits per heavy atom. The van der Waals surface area contributed by atoms with E-state index >= 15 is 0 Å². The van der Waals surface area contributed by atoms with Crippen LogP contribution in [0.4, 0.5) is 0 Å². The fourth-order valence-corrected chi connectivity index (χ4v) is 1.60. The second kappa shape index (κ2) is 4.37. The van der Waals surface area contributed by atoms with E-state index in [0.29, 0.717) is 6.61 Å². The Balaban J connectivity index is 2.37. The molecule has 0 amide bonds. The Morgan fingerprint density at radius 2 is 2.15 bits per heavy atom. The number of nitrogens with two attached hydrogens (primary N) is 1. The zero-order chi connectivity index (χ0) is 9.90. The van der Waals surface area contributed by atoms with Crippen molar-refractivity contribution in [3.8, 4) is 0 Å². The molecule has 2 unspecified atom stereocenters. The van der Waals surface area contributed by atoms with E-state index in [4.69, 9.17) is 15.2 Å². The maximum Gasteiger partial charge on any atom is 0.0870 e. The molecular weight excluding hydrogens is 168 g/mol.